The number of fused-ring (bicyclic) bond motifs is 1. The Kier molecular flexibility index (Phi) is 4.96. The average Bonchev–Trinajstić information content (AvgIpc) is 3.00. The highest BCUT2D eigenvalue weighted by atomic mass is 35.5. The van der Waals surface area contributed by atoms with Crippen LogP contribution in [0.15, 0.2) is 72.9 Å². The molecule has 4 rings (SSSR count). The summed E-state index contributed by atoms with van der Waals surface area (Å²) in [7, 11) is 0. The van der Waals surface area contributed by atoms with E-state index < -0.39 is 0 Å². The van der Waals surface area contributed by atoms with Crippen LogP contribution < -0.4 is 0 Å². The van der Waals surface area contributed by atoms with Gasteiger partial charge in [0.2, 0.25) is 0 Å². The van der Waals surface area contributed by atoms with Crippen LogP contribution in [-0.4, -0.2) is 14.5 Å². The lowest BCUT2D eigenvalue weighted by Crippen LogP contribution is -1.99. The number of hydrogen-bond acceptors (Lipinski definition) is 2. The number of aromatic nitrogens is 3. The van der Waals surface area contributed by atoms with Crippen molar-refractivity contribution in [3.8, 4) is 5.82 Å². The summed E-state index contributed by atoms with van der Waals surface area (Å²) in [5.74, 6) is 1.75. The van der Waals surface area contributed by atoms with E-state index in [1.165, 1.54) is 0 Å². The standard InChI is InChI=1S/C21H17N3.ClH/c1-16-11-13-20(22-15-16)24-19-10-6-5-9-18(19)23-21(24)14-12-17-7-3-2-4-8-17;/h2-15H,1H3;1H. The Hall–Kier alpha value is -2.91. The Morgan fingerprint density at radius 2 is 1.60 bits per heavy atom. The molecule has 0 fully saturated rings. The van der Waals surface area contributed by atoms with Gasteiger partial charge in [0.15, 0.2) is 0 Å². The molecule has 0 aliphatic rings. The summed E-state index contributed by atoms with van der Waals surface area (Å²) in [6.45, 7) is 2.04. The van der Waals surface area contributed by atoms with E-state index in [-0.39, 0.29) is 12.4 Å². The predicted octanol–water partition coefficient (Wildman–Crippen LogP) is 5.32. The minimum absolute atomic E-state index is 0. The molecule has 2 heterocycles. The van der Waals surface area contributed by atoms with Gasteiger partial charge in [-0.25, -0.2) is 9.97 Å². The van der Waals surface area contributed by atoms with Crippen LogP contribution in [0.25, 0.3) is 29.0 Å². The number of pyridine rings is 1. The lowest BCUT2D eigenvalue weighted by Gasteiger charge is -2.06. The first kappa shape index (κ1) is 16.9. The summed E-state index contributed by atoms with van der Waals surface area (Å²) >= 11 is 0. The van der Waals surface area contributed by atoms with Gasteiger partial charge in [0.25, 0.3) is 0 Å². The summed E-state index contributed by atoms with van der Waals surface area (Å²) in [6, 6.07) is 22.5. The first-order valence-electron chi connectivity index (χ1n) is 7.95. The van der Waals surface area contributed by atoms with Crippen LogP contribution in [0.3, 0.4) is 0 Å². The lowest BCUT2D eigenvalue weighted by atomic mass is 10.2. The van der Waals surface area contributed by atoms with Crippen molar-refractivity contribution in [2.75, 3.05) is 0 Å². The fourth-order valence-corrected chi connectivity index (χ4v) is 2.72. The molecule has 0 amide bonds. The van der Waals surface area contributed by atoms with Crippen LogP contribution in [0.2, 0.25) is 0 Å². The molecule has 0 unspecified atom stereocenters. The van der Waals surface area contributed by atoms with Crippen molar-refractivity contribution in [2.45, 2.75) is 6.92 Å². The maximum absolute atomic E-state index is 4.76. The van der Waals surface area contributed by atoms with E-state index in [1.54, 1.807) is 0 Å². The number of para-hydroxylation sites is 2. The Morgan fingerprint density at radius 3 is 2.36 bits per heavy atom. The predicted molar refractivity (Wildman–Crippen MR) is 106 cm³/mol. The minimum Gasteiger partial charge on any atom is -0.277 e. The maximum atomic E-state index is 4.76. The Morgan fingerprint density at radius 1 is 0.840 bits per heavy atom. The van der Waals surface area contributed by atoms with Crippen LogP contribution in [-0.2, 0) is 0 Å². The zero-order valence-electron chi connectivity index (χ0n) is 13.8. The third kappa shape index (κ3) is 3.47. The maximum Gasteiger partial charge on any atom is 0.139 e. The third-order valence-electron chi connectivity index (χ3n) is 3.94. The smallest absolute Gasteiger partial charge is 0.139 e. The highest BCUT2D eigenvalue weighted by Gasteiger charge is 2.10. The van der Waals surface area contributed by atoms with E-state index in [0.29, 0.717) is 0 Å². The number of imidazole rings is 1. The van der Waals surface area contributed by atoms with Crippen LogP contribution >= 0.6 is 12.4 Å². The van der Waals surface area contributed by atoms with Gasteiger partial charge >= 0.3 is 0 Å². The molecule has 124 valence electrons. The molecule has 0 radical (unpaired) electrons. The number of halogens is 1. The highest BCUT2D eigenvalue weighted by Crippen LogP contribution is 2.22. The Labute approximate surface area is 153 Å². The zero-order valence-corrected chi connectivity index (χ0v) is 14.6. The molecule has 4 aromatic rings. The van der Waals surface area contributed by atoms with E-state index in [9.17, 15) is 0 Å². The minimum atomic E-state index is 0. The normalized spacial score (nSPS) is 10.9. The molecule has 0 spiro atoms. The summed E-state index contributed by atoms with van der Waals surface area (Å²) < 4.78 is 2.09. The molecule has 0 aliphatic carbocycles. The van der Waals surface area contributed by atoms with Crippen molar-refractivity contribution < 1.29 is 0 Å². The quantitative estimate of drug-likeness (QED) is 0.502. The molecular formula is C21H18ClN3. The van der Waals surface area contributed by atoms with E-state index in [0.717, 1.165) is 33.8 Å². The van der Waals surface area contributed by atoms with E-state index in [2.05, 4.69) is 39.9 Å². The van der Waals surface area contributed by atoms with Gasteiger partial charge in [-0.2, -0.15) is 0 Å². The summed E-state index contributed by atoms with van der Waals surface area (Å²) in [5.41, 5.74) is 4.31. The molecule has 25 heavy (non-hydrogen) atoms. The molecule has 4 heteroatoms. The number of hydrogen-bond donors (Lipinski definition) is 0. The fourth-order valence-electron chi connectivity index (χ4n) is 2.72. The highest BCUT2D eigenvalue weighted by molar-refractivity contribution is 5.85. The molecular weight excluding hydrogens is 330 g/mol. The second-order valence-electron chi connectivity index (χ2n) is 5.73. The third-order valence-corrected chi connectivity index (χ3v) is 3.94. The van der Waals surface area contributed by atoms with Crippen molar-refractivity contribution in [1.82, 2.24) is 14.5 Å². The zero-order chi connectivity index (χ0) is 16.4. The topological polar surface area (TPSA) is 30.7 Å². The Balaban J connectivity index is 0.00000182. The van der Waals surface area contributed by atoms with Gasteiger partial charge in [-0.15, -0.1) is 12.4 Å². The molecule has 3 nitrogen and oxygen atoms in total. The number of nitrogens with zero attached hydrogens (tertiary/aromatic N) is 3. The lowest BCUT2D eigenvalue weighted by molar-refractivity contribution is 1.000. The van der Waals surface area contributed by atoms with Crippen molar-refractivity contribution in [3.63, 3.8) is 0 Å². The molecule has 0 saturated heterocycles. The van der Waals surface area contributed by atoms with Crippen LogP contribution in [0, 0.1) is 6.92 Å². The molecule has 0 N–H and O–H groups in total. The molecule has 0 aliphatic heterocycles. The first-order valence-corrected chi connectivity index (χ1v) is 7.95. The fraction of sp³-hybridized carbons (Fsp3) is 0.0476. The van der Waals surface area contributed by atoms with Crippen LogP contribution in [0.4, 0.5) is 0 Å². The van der Waals surface area contributed by atoms with Crippen LogP contribution in [0.1, 0.15) is 17.0 Å². The van der Waals surface area contributed by atoms with Gasteiger partial charge in [-0.1, -0.05) is 54.6 Å². The van der Waals surface area contributed by atoms with Crippen molar-refractivity contribution >= 4 is 35.6 Å². The Bertz CT molecular complexity index is 1000. The van der Waals surface area contributed by atoms with Crippen molar-refractivity contribution in [1.29, 1.82) is 0 Å². The summed E-state index contributed by atoms with van der Waals surface area (Å²) in [6.07, 6.45) is 6.00. The molecule has 0 saturated carbocycles. The van der Waals surface area contributed by atoms with E-state index in [1.807, 2.05) is 61.7 Å². The van der Waals surface area contributed by atoms with Gasteiger partial charge in [-0.05, 0) is 42.3 Å². The first-order chi connectivity index (χ1) is 11.8. The summed E-state index contributed by atoms with van der Waals surface area (Å²) in [4.78, 5) is 9.34. The monoisotopic (exact) mass is 347 g/mol. The largest absolute Gasteiger partial charge is 0.277 e. The van der Waals surface area contributed by atoms with Crippen molar-refractivity contribution in [2.24, 2.45) is 0 Å². The number of aryl methyl sites for hydroxylation is 1. The second kappa shape index (κ2) is 7.32. The number of benzene rings is 2. The molecule has 2 aromatic heterocycles. The van der Waals surface area contributed by atoms with Gasteiger partial charge < -0.3 is 0 Å². The molecule has 0 bridgehead atoms. The van der Waals surface area contributed by atoms with Gasteiger partial charge in [0.05, 0.1) is 11.0 Å². The van der Waals surface area contributed by atoms with Gasteiger partial charge in [0, 0.05) is 6.20 Å². The molecule has 0 atom stereocenters. The van der Waals surface area contributed by atoms with Crippen molar-refractivity contribution in [3.05, 3.63) is 89.9 Å². The molecule has 2 aromatic carbocycles. The van der Waals surface area contributed by atoms with Gasteiger partial charge in [-0.3, -0.25) is 4.57 Å². The van der Waals surface area contributed by atoms with E-state index >= 15 is 0 Å². The van der Waals surface area contributed by atoms with Crippen LogP contribution in [0.5, 0.6) is 0 Å². The average molecular weight is 348 g/mol. The number of rotatable bonds is 3. The SMILES string of the molecule is Cc1ccc(-n2c(C=Cc3ccccc3)nc3ccccc32)nc1.Cl. The van der Waals surface area contributed by atoms with E-state index in [4.69, 9.17) is 4.98 Å². The summed E-state index contributed by atoms with van der Waals surface area (Å²) in [5, 5.41) is 0. The van der Waals surface area contributed by atoms with Gasteiger partial charge in [0.1, 0.15) is 11.6 Å². The second-order valence-corrected chi connectivity index (χ2v) is 5.73.